The minimum absolute atomic E-state index is 0.334. The predicted octanol–water partition coefficient (Wildman–Crippen LogP) is 4.05. The molecule has 3 N–H and O–H groups in total. The molecule has 1 aliphatic rings. The molecule has 0 bridgehead atoms. The summed E-state index contributed by atoms with van der Waals surface area (Å²) in [5.41, 5.74) is 12.0. The first-order valence-electron chi connectivity index (χ1n) is 12.2. The fourth-order valence-corrected chi connectivity index (χ4v) is 6.21. The third-order valence-electron chi connectivity index (χ3n) is 6.68. The standard InChI is InChI=1S/C26H33N5O3S/c1-16-11-18-13-22(35-25(18)21(12-16)33-3)23-19(6-4-5-17(2)32)20(14-30-7-9-34-10-8-30)31-24(23)26(27)28-15-29-31/h11-13,15,17,32H,4-10,14H2,1-3H3,(H2,27,28,29). The number of nitrogen functional groups attached to an aromatic ring is 1. The first-order chi connectivity index (χ1) is 17.0. The van der Waals surface area contributed by atoms with Crippen molar-refractivity contribution < 1.29 is 14.6 Å². The molecular formula is C26H33N5O3S. The van der Waals surface area contributed by atoms with Crippen LogP contribution in [-0.4, -0.2) is 64.1 Å². The number of aliphatic hydroxyl groups excluding tert-OH is 1. The van der Waals surface area contributed by atoms with Crippen LogP contribution in [0.25, 0.3) is 26.0 Å². The number of methoxy groups -OCH3 is 1. The van der Waals surface area contributed by atoms with Crippen LogP contribution < -0.4 is 10.5 Å². The number of ether oxygens (including phenoxy) is 2. The summed E-state index contributed by atoms with van der Waals surface area (Å²) in [6, 6.07) is 6.50. The summed E-state index contributed by atoms with van der Waals surface area (Å²) in [5.74, 6) is 1.36. The fourth-order valence-electron chi connectivity index (χ4n) is 5.00. The Morgan fingerprint density at radius 3 is 2.80 bits per heavy atom. The maximum Gasteiger partial charge on any atom is 0.152 e. The van der Waals surface area contributed by atoms with E-state index in [0.29, 0.717) is 5.82 Å². The van der Waals surface area contributed by atoms with E-state index in [0.717, 1.165) is 95.2 Å². The van der Waals surface area contributed by atoms with Gasteiger partial charge in [0.15, 0.2) is 5.82 Å². The number of benzene rings is 1. The van der Waals surface area contributed by atoms with Gasteiger partial charge in [-0.05, 0) is 61.8 Å². The summed E-state index contributed by atoms with van der Waals surface area (Å²) in [7, 11) is 1.72. The molecule has 35 heavy (non-hydrogen) atoms. The van der Waals surface area contributed by atoms with Crippen LogP contribution in [0.3, 0.4) is 0 Å². The Bertz CT molecular complexity index is 1340. The van der Waals surface area contributed by atoms with Gasteiger partial charge >= 0.3 is 0 Å². The number of morpholine rings is 1. The molecule has 0 saturated carbocycles. The van der Waals surface area contributed by atoms with Crippen LogP contribution in [0, 0.1) is 6.92 Å². The van der Waals surface area contributed by atoms with Crippen molar-refractivity contribution in [2.45, 2.75) is 45.8 Å². The van der Waals surface area contributed by atoms with Crippen molar-refractivity contribution in [1.29, 1.82) is 0 Å². The number of aromatic nitrogens is 3. The molecule has 0 radical (unpaired) electrons. The first-order valence-corrected chi connectivity index (χ1v) is 13.0. The number of anilines is 1. The third kappa shape index (κ3) is 4.73. The number of hydrogen-bond donors (Lipinski definition) is 2. The van der Waals surface area contributed by atoms with Crippen LogP contribution in [-0.2, 0) is 17.7 Å². The molecule has 0 spiro atoms. The smallest absolute Gasteiger partial charge is 0.152 e. The van der Waals surface area contributed by atoms with Crippen LogP contribution in [0.15, 0.2) is 24.5 Å². The Morgan fingerprint density at radius 1 is 1.26 bits per heavy atom. The Morgan fingerprint density at radius 2 is 2.06 bits per heavy atom. The monoisotopic (exact) mass is 495 g/mol. The van der Waals surface area contributed by atoms with E-state index in [9.17, 15) is 5.11 Å². The van der Waals surface area contributed by atoms with E-state index in [1.807, 2.05) is 11.4 Å². The van der Waals surface area contributed by atoms with Gasteiger partial charge in [-0.1, -0.05) is 6.07 Å². The maximum absolute atomic E-state index is 9.93. The molecule has 0 amide bonds. The van der Waals surface area contributed by atoms with Crippen molar-refractivity contribution in [1.82, 2.24) is 19.5 Å². The summed E-state index contributed by atoms with van der Waals surface area (Å²) < 4.78 is 14.4. The second-order valence-corrected chi connectivity index (χ2v) is 10.4. The molecule has 9 heteroatoms. The van der Waals surface area contributed by atoms with Crippen molar-refractivity contribution in [3.8, 4) is 16.2 Å². The number of fused-ring (bicyclic) bond motifs is 2. The Kier molecular flexibility index (Phi) is 6.93. The minimum Gasteiger partial charge on any atom is -0.495 e. The highest BCUT2D eigenvalue weighted by Crippen LogP contribution is 2.44. The van der Waals surface area contributed by atoms with E-state index in [1.54, 1.807) is 18.4 Å². The molecule has 186 valence electrons. The number of aryl methyl sites for hydroxylation is 1. The first kappa shape index (κ1) is 24.0. The highest BCUT2D eigenvalue weighted by Gasteiger charge is 2.26. The Balaban J connectivity index is 1.71. The van der Waals surface area contributed by atoms with Crippen LogP contribution in [0.2, 0.25) is 0 Å². The highest BCUT2D eigenvalue weighted by molar-refractivity contribution is 7.22. The summed E-state index contributed by atoms with van der Waals surface area (Å²) in [6.45, 7) is 7.93. The second-order valence-electron chi connectivity index (χ2n) is 9.33. The summed E-state index contributed by atoms with van der Waals surface area (Å²) in [4.78, 5) is 7.89. The Hall–Kier alpha value is -2.72. The molecule has 8 nitrogen and oxygen atoms in total. The largest absolute Gasteiger partial charge is 0.495 e. The average molecular weight is 496 g/mol. The number of nitrogens with two attached hydrogens (primary N) is 1. The minimum atomic E-state index is -0.334. The van der Waals surface area contributed by atoms with Crippen molar-refractivity contribution in [3.05, 3.63) is 41.3 Å². The van der Waals surface area contributed by atoms with Gasteiger partial charge in [-0.3, -0.25) is 4.90 Å². The van der Waals surface area contributed by atoms with Gasteiger partial charge in [0.25, 0.3) is 0 Å². The number of thiophene rings is 1. The zero-order valence-corrected chi connectivity index (χ0v) is 21.4. The van der Waals surface area contributed by atoms with Gasteiger partial charge < -0.3 is 20.3 Å². The zero-order valence-electron chi connectivity index (χ0n) is 20.6. The molecule has 1 atom stereocenters. The lowest BCUT2D eigenvalue weighted by Gasteiger charge is -2.26. The van der Waals surface area contributed by atoms with E-state index in [-0.39, 0.29) is 6.10 Å². The maximum atomic E-state index is 9.93. The van der Waals surface area contributed by atoms with E-state index in [1.165, 1.54) is 11.9 Å². The summed E-state index contributed by atoms with van der Waals surface area (Å²) in [6.07, 6.45) is 3.64. The lowest BCUT2D eigenvalue weighted by molar-refractivity contribution is 0.0333. The van der Waals surface area contributed by atoms with Crippen molar-refractivity contribution >= 4 is 32.8 Å². The second kappa shape index (κ2) is 10.1. The van der Waals surface area contributed by atoms with Crippen LogP contribution in [0.4, 0.5) is 5.82 Å². The zero-order chi connectivity index (χ0) is 24.5. The van der Waals surface area contributed by atoms with E-state index in [2.05, 4.69) is 40.1 Å². The summed E-state index contributed by atoms with van der Waals surface area (Å²) in [5, 5.41) is 15.7. The van der Waals surface area contributed by atoms with Gasteiger partial charge in [0.2, 0.25) is 0 Å². The number of hydrogen-bond acceptors (Lipinski definition) is 8. The van der Waals surface area contributed by atoms with Crippen molar-refractivity contribution in [3.63, 3.8) is 0 Å². The van der Waals surface area contributed by atoms with Gasteiger partial charge in [-0.25, -0.2) is 9.50 Å². The van der Waals surface area contributed by atoms with Crippen LogP contribution in [0.5, 0.6) is 5.75 Å². The van der Waals surface area contributed by atoms with Gasteiger partial charge in [0.1, 0.15) is 17.6 Å². The molecule has 3 aromatic heterocycles. The highest BCUT2D eigenvalue weighted by atomic mass is 32.1. The van der Waals surface area contributed by atoms with Crippen LogP contribution in [0.1, 0.15) is 36.6 Å². The fraction of sp³-hybridized carbons (Fsp3) is 0.462. The normalized spacial score (nSPS) is 15.8. The molecule has 5 rings (SSSR count). The van der Waals surface area contributed by atoms with Crippen LogP contribution >= 0.6 is 11.3 Å². The van der Waals surface area contributed by atoms with Gasteiger partial charge in [0.05, 0.1) is 36.8 Å². The van der Waals surface area contributed by atoms with E-state index >= 15 is 0 Å². The topological polar surface area (TPSA) is 98.1 Å². The molecule has 0 aliphatic carbocycles. The molecule has 1 saturated heterocycles. The molecule has 1 fully saturated rings. The van der Waals surface area contributed by atoms with Gasteiger partial charge in [-0.2, -0.15) is 5.10 Å². The molecule has 1 aromatic carbocycles. The molecule has 1 unspecified atom stereocenters. The van der Waals surface area contributed by atoms with Gasteiger partial charge in [0, 0.05) is 30.1 Å². The molecule has 1 aliphatic heterocycles. The third-order valence-corrected chi connectivity index (χ3v) is 7.86. The lowest BCUT2D eigenvalue weighted by atomic mass is 10.00. The Labute approximate surface area is 209 Å². The number of aliphatic hydroxyl groups is 1. The van der Waals surface area contributed by atoms with E-state index in [4.69, 9.17) is 15.2 Å². The predicted molar refractivity (Wildman–Crippen MR) is 140 cm³/mol. The molecular weight excluding hydrogens is 462 g/mol. The van der Waals surface area contributed by atoms with E-state index < -0.39 is 0 Å². The quantitative estimate of drug-likeness (QED) is 0.381. The molecule has 4 heterocycles. The SMILES string of the molecule is COc1cc(C)cc2cc(-c3c(CCCC(C)O)c(CN4CCOCC4)n4ncnc(N)c34)sc12. The summed E-state index contributed by atoms with van der Waals surface area (Å²) >= 11 is 1.71. The van der Waals surface area contributed by atoms with Crippen molar-refractivity contribution in [2.75, 3.05) is 39.1 Å². The molecule has 4 aromatic rings. The lowest BCUT2D eigenvalue weighted by Crippen LogP contribution is -2.36. The van der Waals surface area contributed by atoms with Gasteiger partial charge in [-0.15, -0.1) is 11.3 Å². The number of nitrogens with zero attached hydrogens (tertiary/aromatic N) is 4. The number of rotatable bonds is 8. The van der Waals surface area contributed by atoms with Crippen molar-refractivity contribution in [2.24, 2.45) is 0 Å². The average Bonchev–Trinajstić information content (AvgIpc) is 3.39.